The summed E-state index contributed by atoms with van der Waals surface area (Å²) in [5.74, 6) is 0.127. The van der Waals surface area contributed by atoms with Gasteiger partial charge < -0.3 is 25.4 Å². The summed E-state index contributed by atoms with van der Waals surface area (Å²) in [4.78, 5) is 39.0. The van der Waals surface area contributed by atoms with Crippen LogP contribution in [-0.4, -0.2) is 67.1 Å². The molecule has 1 aromatic rings. The number of hydrogen-bond donors (Lipinski definition) is 3. The van der Waals surface area contributed by atoms with Gasteiger partial charge in [-0.3, -0.25) is 14.4 Å². The predicted molar refractivity (Wildman–Crippen MR) is 130 cm³/mol. The van der Waals surface area contributed by atoms with Crippen molar-refractivity contribution in [1.82, 2.24) is 15.5 Å². The SMILES string of the molecule is COc1cccc(CC[C@@H](CC(=O)O)NC(=O)[C@@H]2CCCN(C(=O)CCC3CCNCC3)C2)c1. The van der Waals surface area contributed by atoms with E-state index in [2.05, 4.69) is 10.6 Å². The minimum atomic E-state index is -0.936. The summed E-state index contributed by atoms with van der Waals surface area (Å²) in [6.45, 7) is 3.18. The number of rotatable bonds is 11. The first-order valence-electron chi connectivity index (χ1n) is 12.6. The van der Waals surface area contributed by atoms with Gasteiger partial charge in [-0.15, -0.1) is 0 Å². The molecule has 2 heterocycles. The fourth-order valence-electron chi connectivity index (χ4n) is 5.00. The zero-order chi connectivity index (χ0) is 24.3. The standard InChI is InChI=1S/C26H39N3O5/c1-34-23-6-2-4-20(16-23)7-9-22(17-25(31)32)28-26(33)21-5-3-15-29(18-21)24(30)10-8-19-11-13-27-14-12-19/h2,4,6,16,19,21-22,27H,3,5,7-15,17-18H2,1H3,(H,28,33)(H,31,32)/t21-,22+/m1/s1. The number of carboxylic acids is 1. The second-order valence-electron chi connectivity index (χ2n) is 9.60. The van der Waals surface area contributed by atoms with Crippen molar-refractivity contribution in [3.05, 3.63) is 29.8 Å². The Morgan fingerprint density at radius 3 is 2.76 bits per heavy atom. The second-order valence-corrected chi connectivity index (χ2v) is 9.60. The van der Waals surface area contributed by atoms with Gasteiger partial charge in [-0.1, -0.05) is 12.1 Å². The normalized spacial score (nSPS) is 19.9. The molecule has 3 rings (SSSR count). The van der Waals surface area contributed by atoms with E-state index in [1.54, 1.807) is 7.11 Å². The third-order valence-electron chi connectivity index (χ3n) is 7.05. The van der Waals surface area contributed by atoms with Gasteiger partial charge in [-0.2, -0.15) is 0 Å². The smallest absolute Gasteiger partial charge is 0.305 e. The Balaban J connectivity index is 1.49. The van der Waals surface area contributed by atoms with E-state index in [9.17, 15) is 19.5 Å². The van der Waals surface area contributed by atoms with Crippen molar-refractivity contribution >= 4 is 17.8 Å². The van der Waals surface area contributed by atoms with Crippen LogP contribution in [-0.2, 0) is 20.8 Å². The number of aryl methyl sites for hydroxylation is 1. The average molecular weight is 474 g/mol. The van der Waals surface area contributed by atoms with Crippen LogP contribution in [0.2, 0.25) is 0 Å². The fourth-order valence-corrected chi connectivity index (χ4v) is 5.00. The van der Waals surface area contributed by atoms with Crippen LogP contribution in [0.15, 0.2) is 24.3 Å². The van der Waals surface area contributed by atoms with Crippen LogP contribution in [0.3, 0.4) is 0 Å². The number of nitrogens with one attached hydrogen (secondary N) is 2. The van der Waals surface area contributed by atoms with Crippen molar-refractivity contribution in [1.29, 1.82) is 0 Å². The van der Waals surface area contributed by atoms with Crippen molar-refractivity contribution in [2.45, 2.75) is 63.8 Å². The molecule has 2 aliphatic rings. The molecule has 0 aromatic heterocycles. The fraction of sp³-hybridized carbons (Fsp3) is 0.654. The number of methoxy groups -OCH3 is 1. The maximum atomic E-state index is 13.0. The molecular weight excluding hydrogens is 434 g/mol. The predicted octanol–water partition coefficient (Wildman–Crippen LogP) is 2.61. The molecule has 0 saturated carbocycles. The van der Waals surface area contributed by atoms with Gasteiger partial charge in [-0.05, 0) is 81.6 Å². The molecule has 188 valence electrons. The third-order valence-corrected chi connectivity index (χ3v) is 7.05. The van der Waals surface area contributed by atoms with Crippen LogP contribution in [0.4, 0.5) is 0 Å². The van der Waals surface area contributed by atoms with E-state index < -0.39 is 12.0 Å². The van der Waals surface area contributed by atoms with Crippen LogP contribution in [0, 0.1) is 11.8 Å². The molecule has 1 aromatic carbocycles. The largest absolute Gasteiger partial charge is 0.497 e. The molecule has 2 aliphatic heterocycles. The maximum Gasteiger partial charge on any atom is 0.305 e. The lowest BCUT2D eigenvalue weighted by atomic mass is 9.92. The molecule has 0 spiro atoms. The number of piperidine rings is 2. The van der Waals surface area contributed by atoms with Gasteiger partial charge in [0.1, 0.15) is 5.75 Å². The molecule has 8 nitrogen and oxygen atoms in total. The molecule has 8 heteroatoms. The van der Waals surface area contributed by atoms with Gasteiger partial charge in [-0.25, -0.2) is 0 Å². The number of benzene rings is 1. The summed E-state index contributed by atoms with van der Waals surface area (Å²) in [5, 5.41) is 15.7. The number of carboxylic acid groups (broad SMARTS) is 1. The van der Waals surface area contributed by atoms with E-state index in [1.165, 1.54) is 0 Å². The Labute approximate surface area is 202 Å². The minimum Gasteiger partial charge on any atom is -0.497 e. The van der Waals surface area contributed by atoms with Gasteiger partial charge in [0.15, 0.2) is 0 Å². The number of carbonyl (C=O) groups is 3. The van der Waals surface area contributed by atoms with Crippen LogP contribution in [0.25, 0.3) is 0 Å². The topological polar surface area (TPSA) is 108 Å². The van der Waals surface area contributed by atoms with Crippen molar-refractivity contribution in [3.8, 4) is 5.75 Å². The highest BCUT2D eigenvalue weighted by Gasteiger charge is 2.30. The highest BCUT2D eigenvalue weighted by atomic mass is 16.5. The van der Waals surface area contributed by atoms with Gasteiger partial charge >= 0.3 is 5.97 Å². The van der Waals surface area contributed by atoms with Crippen molar-refractivity contribution in [2.24, 2.45) is 11.8 Å². The number of aliphatic carboxylic acids is 1. The van der Waals surface area contributed by atoms with E-state index in [-0.39, 0.29) is 24.2 Å². The molecule has 2 atom stereocenters. The average Bonchev–Trinajstić information content (AvgIpc) is 2.86. The molecule has 0 unspecified atom stereocenters. The molecule has 3 N–H and O–H groups in total. The second kappa shape index (κ2) is 13.3. The summed E-state index contributed by atoms with van der Waals surface area (Å²) in [6.07, 6.45) is 6.27. The lowest BCUT2D eigenvalue weighted by Crippen LogP contribution is -2.48. The van der Waals surface area contributed by atoms with E-state index in [1.807, 2.05) is 29.2 Å². The van der Waals surface area contributed by atoms with Gasteiger partial charge in [0.25, 0.3) is 0 Å². The van der Waals surface area contributed by atoms with Crippen molar-refractivity contribution in [3.63, 3.8) is 0 Å². The monoisotopic (exact) mass is 473 g/mol. The number of nitrogens with zero attached hydrogens (tertiary/aromatic N) is 1. The first kappa shape index (κ1) is 26.0. The van der Waals surface area contributed by atoms with Crippen molar-refractivity contribution < 1.29 is 24.2 Å². The lowest BCUT2D eigenvalue weighted by molar-refractivity contribution is -0.138. The zero-order valence-corrected chi connectivity index (χ0v) is 20.3. The molecule has 2 amide bonds. The number of likely N-dealkylation sites (tertiary alicyclic amines) is 1. The molecule has 2 fully saturated rings. The Hall–Kier alpha value is -2.61. The summed E-state index contributed by atoms with van der Waals surface area (Å²) >= 11 is 0. The van der Waals surface area contributed by atoms with Crippen molar-refractivity contribution in [2.75, 3.05) is 33.3 Å². The Morgan fingerprint density at radius 1 is 1.24 bits per heavy atom. The maximum absolute atomic E-state index is 13.0. The zero-order valence-electron chi connectivity index (χ0n) is 20.3. The number of carbonyl (C=O) groups excluding carboxylic acids is 2. The van der Waals surface area contributed by atoms with Gasteiger partial charge in [0, 0.05) is 25.6 Å². The summed E-state index contributed by atoms with van der Waals surface area (Å²) in [5.41, 5.74) is 1.03. The molecule has 34 heavy (non-hydrogen) atoms. The lowest BCUT2D eigenvalue weighted by Gasteiger charge is -2.33. The van der Waals surface area contributed by atoms with E-state index in [0.717, 1.165) is 56.5 Å². The van der Waals surface area contributed by atoms with Crippen LogP contribution in [0.1, 0.15) is 56.9 Å². The van der Waals surface area contributed by atoms with Crippen LogP contribution >= 0.6 is 0 Å². The highest BCUT2D eigenvalue weighted by Crippen LogP contribution is 2.22. The number of hydrogen-bond acceptors (Lipinski definition) is 5. The number of amides is 2. The summed E-state index contributed by atoms with van der Waals surface area (Å²) in [7, 11) is 1.61. The molecule has 0 bridgehead atoms. The third kappa shape index (κ3) is 8.31. The molecule has 2 saturated heterocycles. The summed E-state index contributed by atoms with van der Waals surface area (Å²) in [6, 6.07) is 7.20. The van der Waals surface area contributed by atoms with Gasteiger partial charge in [0.05, 0.1) is 19.4 Å². The first-order valence-corrected chi connectivity index (χ1v) is 12.6. The molecule has 0 radical (unpaired) electrons. The Bertz CT molecular complexity index is 824. The Kier molecular flexibility index (Phi) is 10.2. The minimum absolute atomic E-state index is 0.124. The van der Waals surface area contributed by atoms with Crippen LogP contribution < -0.4 is 15.4 Å². The quantitative estimate of drug-likeness (QED) is 0.456. The van der Waals surface area contributed by atoms with Crippen LogP contribution in [0.5, 0.6) is 5.75 Å². The number of ether oxygens (including phenoxy) is 1. The van der Waals surface area contributed by atoms with Gasteiger partial charge in [0.2, 0.25) is 11.8 Å². The molecular formula is C26H39N3O5. The Morgan fingerprint density at radius 2 is 2.03 bits per heavy atom. The highest BCUT2D eigenvalue weighted by molar-refractivity contribution is 5.82. The first-order chi connectivity index (χ1) is 16.4. The molecule has 0 aliphatic carbocycles. The summed E-state index contributed by atoms with van der Waals surface area (Å²) < 4.78 is 5.25. The van der Waals surface area contributed by atoms with E-state index in [0.29, 0.717) is 38.3 Å². The van der Waals surface area contributed by atoms with E-state index >= 15 is 0 Å². The van der Waals surface area contributed by atoms with E-state index in [4.69, 9.17) is 4.74 Å².